The van der Waals surface area contributed by atoms with Gasteiger partial charge in [0.05, 0.1) is 0 Å². The van der Waals surface area contributed by atoms with Gasteiger partial charge in [-0.25, -0.2) is 0 Å². The molecule has 0 amide bonds. The van der Waals surface area contributed by atoms with Gasteiger partial charge in [-0.2, -0.15) is 0 Å². The molecule has 0 aliphatic heterocycles. The summed E-state index contributed by atoms with van der Waals surface area (Å²) in [5.74, 6) is 3.69. The van der Waals surface area contributed by atoms with Crippen LogP contribution in [-0.2, 0) is 0 Å². The van der Waals surface area contributed by atoms with Crippen molar-refractivity contribution in [2.45, 2.75) is 39.5 Å². The van der Waals surface area contributed by atoms with E-state index in [2.05, 4.69) is 31.9 Å². The summed E-state index contributed by atoms with van der Waals surface area (Å²) in [5, 5.41) is 4.98. The van der Waals surface area contributed by atoms with Crippen LogP contribution < -0.4 is 10.9 Å². The first kappa shape index (κ1) is 19.0. The van der Waals surface area contributed by atoms with Crippen molar-refractivity contribution in [1.29, 1.82) is 0 Å². The molecule has 0 bridgehead atoms. The minimum absolute atomic E-state index is 0.682. The molecule has 0 aliphatic carbocycles. The number of thiocarbonyl (C=S) groups is 1. The Bertz CT molecular complexity index is 57.6. The van der Waals surface area contributed by atoms with Crippen molar-refractivity contribution in [2.24, 2.45) is 10.9 Å². The molecule has 0 spiro atoms. The summed E-state index contributed by atoms with van der Waals surface area (Å²) in [6.45, 7) is 5.15. The molecule has 0 unspecified atom stereocenters. The standard InChI is InChI=1S/C6H14.C2H8N2S.CH2S/c1-3-5-6-4-2;3-1-2-5-4;1-2/h3-6H2,1-2H3;1-4H2;1H2. The quantitative estimate of drug-likeness (QED) is 0.428. The van der Waals surface area contributed by atoms with Gasteiger partial charge in [-0.15, -0.1) is 0 Å². The summed E-state index contributed by atoms with van der Waals surface area (Å²) in [7, 11) is 0. The van der Waals surface area contributed by atoms with E-state index in [1.54, 1.807) is 0 Å². The first-order valence-electron chi connectivity index (χ1n) is 4.64. The summed E-state index contributed by atoms with van der Waals surface area (Å²) in [4.78, 5) is 0. The molecule has 0 aromatic carbocycles. The van der Waals surface area contributed by atoms with Gasteiger partial charge in [0.15, 0.2) is 0 Å². The fourth-order valence-corrected chi connectivity index (χ4v) is 0.704. The van der Waals surface area contributed by atoms with Crippen molar-refractivity contribution >= 4 is 30.0 Å². The molecule has 0 rings (SSSR count). The summed E-state index contributed by atoms with van der Waals surface area (Å²) >= 11 is 5.11. The maximum atomic E-state index is 5.04. The average Bonchev–Trinajstić information content (AvgIpc) is 2.20. The highest BCUT2D eigenvalue weighted by Crippen LogP contribution is 1.95. The highest BCUT2D eigenvalue weighted by Gasteiger charge is 1.75. The van der Waals surface area contributed by atoms with E-state index in [9.17, 15) is 0 Å². The van der Waals surface area contributed by atoms with Crippen molar-refractivity contribution in [2.75, 3.05) is 12.3 Å². The van der Waals surface area contributed by atoms with Gasteiger partial charge >= 0.3 is 0 Å². The highest BCUT2D eigenvalue weighted by atomic mass is 32.2. The first-order chi connectivity index (χ1) is 6.33. The summed E-state index contributed by atoms with van der Waals surface area (Å²) < 4.78 is 0. The molecule has 0 saturated carbocycles. The van der Waals surface area contributed by atoms with Crippen LogP contribution in [0.25, 0.3) is 0 Å². The van der Waals surface area contributed by atoms with E-state index in [-0.39, 0.29) is 0 Å². The van der Waals surface area contributed by atoms with E-state index >= 15 is 0 Å². The van der Waals surface area contributed by atoms with Gasteiger partial charge in [0.1, 0.15) is 0 Å². The smallest absolute Gasteiger partial charge is 0.0200 e. The number of rotatable bonds is 5. The lowest BCUT2D eigenvalue weighted by atomic mass is 10.2. The van der Waals surface area contributed by atoms with Gasteiger partial charge in [-0.1, -0.05) is 63.7 Å². The molecule has 0 atom stereocenters. The summed E-state index contributed by atoms with van der Waals surface area (Å²) in [6.07, 6.45) is 5.54. The van der Waals surface area contributed by atoms with E-state index < -0.39 is 0 Å². The Morgan fingerprint density at radius 2 is 1.54 bits per heavy atom. The fraction of sp³-hybridized carbons (Fsp3) is 0.889. The zero-order valence-corrected chi connectivity index (χ0v) is 10.6. The van der Waals surface area contributed by atoms with E-state index in [0.29, 0.717) is 6.54 Å². The zero-order valence-electron chi connectivity index (χ0n) is 8.92. The minimum atomic E-state index is 0.682. The Morgan fingerprint density at radius 1 is 1.15 bits per heavy atom. The van der Waals surface area contributed by atoms with Crippen molar-refractivity contribution in [3.05, 3.63) is 0 Å². The van der Waals surface area contributed by atoms with Crippen LogP contribution in [-0.4, -0.2) is 18.2 Å². The van der Waals surface area contributed by atoms with E-state index in [1.165, 1.54) is 37.6 Å². The van der Waals surface area contributed by atoms with Crippen molar-refractivity contribution in [3.8, 4) is 0 Å². The van der Waals surface area contributed by atoms with Crippen LogP contribution in [0, 0.1) is 0 Å². The lowest BCUT2D eigenvalue weighted by molar-refractivity contribution is 0.702. The van der Waals surface area contributed by atoms with E-state index in [4.69, 9.17) is 10.9 Å². The second-order valence-electron chi connectivity index (χ2n) is 2.37. The third-order valence-corrected chi connectivity index (χ3v) is 1.66. The van der Waals surface area contributed by atoms with Gasteiger partial charge in [0, 0.05) is 12.3 Å². The van der Waals surface area contributed by atoms with Crippen LogP contribution in [0.5, 0.6) is 0 Å². The Morgan fingerprint density at radius 3 is 1.62 bits per heavy atom. The summed E-state index contributed by atoms with van der Waals surface area (Å²) in [5.41, 5.74) is 5.04. The molecule has 4 heteroatoms. The van der Waals surface area contributed by atoms with Crippen LogP contribution in [0.3, 0.4) is 0 Å². The van der Waals surface area contributed by atoms with Gasteiger partial charge < -0.3 is 5.73 Å². The van der Waals surface area contributed by atoms with Crippen LogP contribution in [0.2, 0.25) is 0 Å². The predicted molar refractivity (Wildman–Crippen MR) is 70.2 cm³/mol. The Labute approximate surface area is 93.0 Å². The number of nitrogens with two attached hydrogens (primary N) is 2. The third-order valence-electron chi connectivity index (χ3n) is 1.19. The SMILES string of the molecule is C=S.CCCCCC.NCCSN. The molecule has 0 aliphatic rings. The van der Waals surface area contributed by atoms with Crippen molar-refractivity contribution in [3.63, 3.8) is 0 Å². The summed E-state index contributed by atoms with van der Waals surface area (Å²) in [6, 6.07) is 0. The molecule has 0 radical (unpaired) electrons. The zero-order chi connectivity index (χ0) is 10.9. The first-order valence-corrected chi connectivity index (χ1v) is 6.26. The lowest BCUT2D eigenvalue weighted by Gasteiger charge is -1.86. The molecule has 0 aromatic rings. The topological polar surface area (TPSA) is 52.0 Å². The maximum Gasteiger partial charge on any atom is 0.0200 e. The predicted octanol–water partition coefficient (Wildman–Crippen LogP) is 2.75. The average molecular weight is 224 g/mol. The minimum Gasteiger partial charge on any atom is -0.330 e. The van der Waals surface area contributed by atoms with Gasteiger partial charge in [0.25, 0.3) is 0 Å². The maximum absolute atomic E-state index is 5.04. The van der Waals surface area contributed by atoms with Crippen LogP contribution in [0.1, 0.15) is 39.5 Å². The second-order valence-corrected chi connectivity index (χ2v) is 3.11. The Hall–Kier alpha value is 0.360. The Balaban J connectivity index is -0.000000131. The molecule has 0 heterocycles. The lowest BCUT2D eigenvalue weighted by Crippen LogP contribution is -2.02. The second kappa shape index (κ2) is 29.4. The molecule has 4 N–H and O–H groups in total. The van der Waals surface area contributed by atoms with E-state index in [1.807, 2.05) is 0 Å². The molecule has 82 valence electrons. The Kier molecular flexibility index (Phi) is 43.1. The van der Waals surface area contributed by atoms with Crippen LogP contribution in [0.4, 0.5) is 0 Å². The van der Waals surface area contributed by atoms with Crippen LogP contribution >= 0.6 is 24.2 Å². The van der Waals surface area contributed by atoms with E-state index in [0.717, 1.165) is 5.75 Å². The molecule has 0 saturated heterocycles. The van der Waals surface area contributed by atoms with Gasteiger partial charge in [-0.05, 0) is 5.87 Å². The number of hydrogen-bond acceptors (Lipinski definition) is 4. The molecule has 0 aromatic heterocycles. The monoisotopic (exact) mass is 224 g/mol. The van der Waals surface area contributed by atoms with Crippen molar-refractivity contribution in [1.82, 2.24) is 0 Å². The van der Waals surface area contributed by atoms with Crippen LogP contribution in [0.15, 0.2) is 0 Å². The molecule has 13 heavy (non-hydrogen) atoms. The molecular formula is C9H24N2S2. The molecule has 0 fully saturated rings. The largest absolute Gasteiger partial charge is 0.330 e. The van der Waals surface area contributed by atoms with Gasteiger partial charge in [-0.3, -0.25) is 5.14 Å². The highest BCUT2D eigenvalue weighted by molar-refractivity contribution is 7.97. The third kappa shape index (κ3) is 46.2. The molecule has 2 nitrogen and oxygen atoms in total. The van der Waals surface area contributed by atoms with Gasteiger partial charge in [0.2, 0.25) is 0 Å². The fourth-order valence-electron chi connectivity index (χ4n) is 0.568. The van der Waals surface area contributed by atoms with Crippen molar-refractivity contribution < 1.29 is 0 Å². The number of hydrogen-bond donors (Lipinski definition) is 2. The molecular weight excluding hydrogens is 200 g/mol. The normalized spacial score (nSPS) is 7.69. The number of unbranched alkanes of at least 4 members (excludes halogenated alkanes) is 3.